The summed E-state index contributed by atoms with van der Waals surface area (Å²) in [5.74, 6) is -0.143. The quantitative estimate of drug-likeness (QED) is 0.676. The van der Waals surface area contributed by atoms with Gasteiger partial charge in [-0.15, -0.1) is 0 Å². The van der Waals surface area contributed by atoms with Crippen LogP contribution in [-0.4, -0.2) is 78.9 Å². The van der Waals surface area contributed by atoms with E-state index in [1.54, 1.807) is 9.80 Å². The van der Waals surface area contributed by atoms with E-state index < -0.39 is 10.0 Å². The van der Waals surface area contributed by atoms with Gasteiger partial charge in [0.25, 0.3) is 0 Å². The summed E-state index contributed by atoms with van der Waals surface area (Å²) in [6.07, 6.45) is 1.51. The molecule has 7 nitrogen and oxygen atoms in total. The van der Waals surface area contributed by atoms with Crippen LogP contribution in [0.1, 0.15) is 19.8 Å². The Morgan fingerprint density at radius 1 is 0.952 bits per heavy atom. The van der Waals surface area contributed by atoms with Gasteiger partial charge in [0.2, 0.25) is 21.8 Å². The number of hydrogen-bond acceptors (Lipinski definition) is 4. The molecule has 0 atom stereocenters. The van der Waals surface area contributed by atoms with Crippen LogP contribution >= 0.6 is 0 Å². The minimum Gasteiger partial charge on any atom is -0.339 e. The zero-order valence-corrected chi connectivity index (χ0v) is 13.0. The molecule has 2 aliphatic heterocycles. The predicted octanol–water partition coefficient (Wildman–Crippen LogP) is -0.899. The van der Waals surface area contributed by atoms with Crippen LogP contribution in [0, 0.1) is 5.92 Å². The smallest absolute Gasteiger partial charge is 0.228 e. The molecule has 0 N–H and O–H groups in total. The molecule has 3 aliphatic rings. The van der Waals surface area contributed by atoms with Crippen molar-refractivity contribution in [1.29, 1.82) is 0 Å². The van der Waals surface area contributed by atoms with Crippen molar-refractivity contribution in [2.75, 3.05) is 39.3 Å². The highest BCUT2D eigenvalue weighted by atomic mass is 32.2. The summed E-state index contributed by atoms with van der Waals surface area (Å²) in [6.45, 7) is 4.41. The van der Waals surface area contributed by atoms with Crippen LogP contribution in [0.4, 0.5) is 0 Å². The maximum atomic E-state index is 12.3. The Morgan fingerprint density at radius 3 is 1.95 bits per heavy atom. The lowest BCUT2D eigenvalue weighted by Crippen LogP contribution is -2.59. The fourth-order valence-corrected chi connectivity index (χ4v) is 4.81. The maximum Gasteiger partial charge on any atom is 0.228 e. The van der Waals surface area contributed by atoms with Crippen LogP contribution in [0.5, 0.6) is 0 Å². The fraction of sp³-hybridized carbons (Fsp3) is 0.846. The van der Waals surface area contributed by atoms with Crippen LogP contribution in [0.2, 0.25) is 0 Å². The van der Waals surface area contributed by atoms with E-state index in [4.69, 9.17) is 0 Å². The molecular formula is C13H21N3O4S. The second-order valence-corrected chi connectivity index (χ2v) is 8.30. The first-order chi connectivity index (χ1) is 9.89. The Bertz CT molecular complexity index is 544. The van der Waals surface area contributed by atoms with Gasteiger partial charge in [0, 0.05) is 46.2 Å². The first-order valence-corrected chi connectivity index (χ1v) is 8.93. The van der Waals surface area contributed by atoms with Crippen molar-refractivity contribution in [3.8, 4) is 0 Å². The van der Waals surface area contributed by atoms with Crippen molar-refractivity contribution in [3.63, 3.8) is 0 Å². The zero-order valence-electron chi connectivity index (χ0n) is 12.2. The van der Waals surface area contributed by atoms with Crippen molar-refractivity contribution >= 4 is 21.8 Å². The molecule has 8 heteroatoms. The normalized spacial score (nSPS) is 24.8. The van der Waals surface area contributed by atoms with Crippen LogP contribution in [0.15, 0.2) is 0 Å². The lowest BCUT2D eigenvalue weighted by molar-refractivity contribution is -0.144. The molecule has 3 fully saturated rings. The molecule has 21 heavy (non-hydrogen) atoms. The zero-order chi connectivity index (χ0) is 15.2. The average molecular weight is 315 g/mol. The van der Waals surface area contributed by atoms with E-state index >= 15 is 0 Å². The molecule has 0 aromatic heterocycles. The second-order valence-electron chi connectivity index (χ2n) is 6.09. The number of nitrogens with zero attached hydrogens (tertiary/aromatic N) is 3. The highest BCUT2D eigenvalue weighted by Crippen LogP contribution is 2.34. The Kier molecular flexibility index (Phi) is 3.69. The molecule has 1 aliphatic carbocycles. The van der Waals surface area contributed by atoms with Crippen LogP contribution < -0.4 is 0 Å². The van der Waals surface area contributed by atoms with Gasteiger partial charge < -0.3 is 9.80 Å². The summed E-state index contributed by atoms with van der Waals surface area (Å²) in [7, 11) is -3.14. The average Bonchev–Trinajstić information content (AvgIpc) is 3.21. The van der Waals surface area contributed by atoms with Crippen LogP contribution in [-0.2, 0) is 19.6 Å². The van der Waals surface area contributed by atoms with Crippen molar-refractivity contribution in [3.05, 3.63) is 0 Å². The van der Waals surface area contributed by atoms with E-state index in [0.717, 1.165) is 12.8 Å². The van der Waals surface area contributed by atoms with Crippen LogP contribution in [0.25, 0.3) is 0 Å². The van der Waals surface area contributed by atoms with Gasteiger partial charge in [-0.05, 0) is 12.8 Å². The molecule has 0 aromatic rings. The summed E-state index contributed by atoms with van der Waals surface area (Å²) in [6, 6.07) is 0. The number of rotatable bonds is 3. The Balaban J connectivity index is 1.49. The third kappa shape index (κ3) is 2.78. The highest BCUT2D eigenvalue weighted by molar-refractivity contribution is 7.90. The van der Waals surface area contributed by atoms with E-state index in [-0.39, 0.29) is 23.0 Å². The topological polar surface area (TPSA) is 78.0 Å². The van der Waals surface area contributed by atoms with E-state index in [0.29, 0.717) is 39.3 Å². The Hall–Kier alpha value is -1.15. The largest absolute Gasteiger partial charge is 0.339 e. The maximum absolute atomic E-state index is 12.3. The van der Waals surface area contributed by atoms with E-state index in [9.17, 15) is 18.0 Å². The predicted molar refractivity (Wildman–Crippen MR) is 75.8 cm³/mol. The SMILES string of the molecule is CC(=O)N1CCN(C(=O)C2CN(S(=O)(=O)C3CC3)C2)CC1. The molecule has 0 radical (unpaired) electrons. The standard InChI is InChI=1S/C13H21N3O4S/c1-10(17)14-4-6-15(7-5-14)13(18)11-8-16(9-11)21(19,20)12-2-3-12/h11-12H,2-9H2,1H3. The van der Waals surface area contributed by atoms with E-state index in [1.165, 1.54) is 11.2 Å². The summed E-state index contributed by atoms with van der Waals surface area (Å²) in [5, 5.41) is -0.201. The van der Waals surface area contributed by atoms with Gasteiger partial charge in [-0.2, -0.15) is 4.31 Å². The summed E-state index contributed by atoms with van der Waals surface area (Å²) in [4.78, 5) is 27.1. The summed E-state index contributed by atoms with van der Waals surface area (Å²) in [5.41, 5.74) is 0. The minimum absolute atomic E-state index is 0.0282. The molecule has 2 heterocycles. The van der Waals surface area contributed by atoms with Gasteiger partial charge >= 0.3 is 0 Å². The van der Waals surface area contributed by atoms with Crippen molar-refractivity contribution in [2.24, 2.45) is 5.92 Å². The number of carbonyl (C=O) groups is 2. The highest BCUT2D eigenvalue weighted by Gasteiger charge is 2.47. The first kappa shape index (κ1) is 14.8. The molecule has 118 valence electrons. The number of sulfonamides is 1. The summed E-state index contributed by atoms with van der Waals surface area (Å²) < 4.78 is 25.4. The number of carbonyl (C=O) groups excluding carboxylic acids is 2. The van der Waals surface area contributed by atoms with Gasteiger partial charge in [0.1, 0.15) is 0 Å². The minimum atomic E-state index is -3.14. The molecule has 0 bridgehead atoms. The van der Waals surface area contributed by atoms with Gasteiger partial charge in [-0.1, -0.05) is 0 Å². The molecule has 3 rings (SSSR count). The van der Waals surface area contributed by atoms with Crippen molar-refractivity contribution < 1.29 is 18.0 Å². The Labute approximate surface area is 124 Å². The second kappa shape index (κ2) is 5.24. The fourth-order valence-electron chi connectivity index (χ4n) is 2.88. The summed E-state index contributed by atoms with van der Waals surface area (Å²) >= 11 is 0. The first-order valence-electron chi connectivity index (χ1n) is 7.43. The lowest BCUT2D eigenvalue weighted by Gasteiger charge is -2.42. The van der Waals surface area contributed by atoms with Crippen molar-refractivity contribution in [1.82, 2.24) is 14.1 Å². The van der Waals surface area contributed by atoms with Gasteiger partial charge in [-0.3, -0.25) is 9.59 Å². The molecule has 2 amide bonds. The molecule has 2 saturated heterocycles. The van der Waals surface area contributed by atoms with Crippen LogP contribution in [0.3, 0.4) is 0 Å². The molecule has 1 saturated carbocycles. The number of piperazine rings is 1. The number of amides is 2. The lowest BCUT2D eigenvalue weighted by atomic mass is 10.0. The molecule has 0 aromatic carbocycles. The van der Waals surface area contributed by atoms with E-state index in [1.807, 2.05) is 0 Å². The van der Waals surface area contributed by atoms with Gasteiger partial charge in [-0.25, -0.2) is 8.42 Å². The molecular weight excluding hydrogens is 294 g/mol. The number of hydrogen-bond donors (Lipinski definition) is 0. The van der Waals surface area contributed by atoms with Gasteiger partial charge in [0.15, 0.2) is 0 Å². The Morgan fingerprint density at radius 2 is 1.48 bits per heavy atom. The van der Waals surface area contributed by atoms with E-state index in [2.05, 4.69) is 0 Å². The monoisotopic (exact) mass is 315 g/mol. The third-order valence-electron chi connectivity index (χ3n) is 4.54. The molecule has 0 spiro atoms. The third-order valence-corrected chi connectivity index (χ3v) is 6.87. The van der Waals surface area contributed by atoms with Gasteiger partial charge in [0.05, 0.1) is 11.2 Å². The van der Waals surface area contributed by atoms with Crippen molar-refractivity contribution in [2.45, 2.75) is 25.0 Å². The molecule has 0 unspecified atom stereocenters.